The summed E-state index contributed by atoms with van der Waals surface area (Å²) in [7, 11) is 0. The molecule has 27 heavy (non-hydrogen) atoms. The second kappa shape index (κ2) is 8.50. The summed E-state index contributed by atoms with van der Waals surface area (Å²) >= 11 is 9.10. The van der Waals surface area contributed by atoms with Gasteiger partial charge in [-0.05, 0) is 48.4 Å². The van der Waals surface area contributed by atoms with Crippen molar-refractivity contribution in [2.24, 2.45) is 0 Å². The number of carbonyl (C=O) groups is 3. The molecule has 5 nitrogen and oxygen atoms in total. The second-order valence-electron chi connectivity index (χ2n) is 5.86. The molecule has 2 aromatic carbocycles. The predicted molar refractivity (Wildman–Crippen MR) is 106 cm³/mol. The van der Waals surface area contributed by atoms with E-state index in [0.29, 0.717) is 22.6 Å². The van der Waals surface area contributed by atoms with Crippen molar-refractivity contribution < 1.29 is 19.1 Å². The maximum atomic E-state index is 12.3. The summed E-state index contributed by atoms with van der Waals surface area (Å²) in [6, 6.07) is 12.0. The van der Waals surface area contributed by atoms with E-state index in [2.05, 4.69) is 15.9 Å². The molecule has 2 amide bonds. The molecule has 0 radical (unpaired) electrons. The molecule has 0 spiro atoms. The van der Waals surface area contributed by atoms with Crippen LogP contribution in [0.4, 0.5) is 0 Å². The van der Waals surface area contributed by atoms with E-state index in [1.165, 1.54) is 11.0 Å². The average Bonchev–Trinajstić information content (AvgIpc) is 2.88. The lowest BCUT2D eigenvalue weighted by Crippen LogP contribution is -2.31. The SMILES string of the molecule is O=C(/C=C/c1ccc(Cl)cc1)OCCCN1C(=O)c2ccc(Br)cc2C1=O. The summed E-state index contributed by atoms with van der Waals surface area (Å²) in [6.07, 6.45) is 3.32. The van der Waals surface area contributed by atoms with E-state index in [-0.39, 0.29) is 25.0 Å². The highest BCUT2D eigenvalue weighted by atomic mass is 79.9. The van der Waals surface area contributed by atoms with Crippen molar-refractivity contribution in [2.75, 3.05) is 13.2 Å². The van der Waals surface area contributed by atoms with E-state index in [1.54, 1.807) is 48.5 Å². The molecule has 0 fully saturated rings. The maximum absolute atomic E-state index is 12.3. The third-order valence-electron chi connectivity index (χ3n) is 3.98. The number of benzene rings is 2. The Hall–Kier alpha value is -2.44. The number of imide groups is 1. The van der Waals surface area contributed by atoms with Crippen molar-refractivity contribution in [3.05, 3.63) is 74.7 Å². The van der Waals surface area contributed by atoms with Gasteiger partial charge >= 0.3 is 5.97 Å². The minimum atomic E-state index is -0.490. The number of amides is 2. The van der Waals surface area contributed by atoms with Gasteiger partial charge in [-0.15, -0.1) is 0 Å². The average molecular weight is 449 g/mol. The van der Waals surface area contributed by atoms with Gasteiger partial charge < -0.3 is 4.74 Å². The van der Waals surface area contributed by atoms with E-state index >= 15 is 0 Å². The number of fused-ring (bicyclic) bond motifs is 1. The minimum Gasteiger partial charge on any atom is -0.462 e. The molecular weight excluding hydrogens is 434 g/mol. The molecule has 3 rings (SSSR count). The van der Waals surface area contributed by atoms with Gasteiger partial charge in [0.1, 0.15) is 0 Å². The summed E-state index contributed by atoms with van der Waals surface area (Å²) in [4.78, 5) is 37.5. The molecule has 0 unspecified atom stereocenters. The predicted octanol–water partition coefficient (Wildman–Crippen LogP) is 4.35. The molecule has 0 atom stereocenters. The largest absolute Gasteiger partial charge is 0.462 e. The highest BCUT2D eigenvalue weighted by Gasteiger charge is 2.35. The monoisotopic (exact) mass is 447 g/mol. The molecule has 1 aliphatic rings. The van der Waals surface area contributed by atoms with Crippen molar-refractivity contribution in [3.63, 3.8) is 0 Å². The standard InChI is InChI=1S/C20H15BrClNO4/c21-14-5-8-16-17(12-14)20(26)23(19(16)25)10-1-11-27-18(24)9-4-13-2-6-15(22)7-3-13/h2-9,12H,1,10-11H2/b9-4+. The van der Waals surface area contributed by atoms with Gasteiger partial charge in [-0.2, -0.15) is 0 Å². The van der Waals surface area contributed by atoms with E-state index in [4.69, 9.17) is 16.3 Å². The smallest absolute Gasteiger partial charge is 0.330 e. The van der Waals surface area contributed by atoms with Crippen molar-refractivity contribution in [2.45, 2.75) is 6.42 Å². The Kier molecular flexibility index (Phi) is 6.08. The Balaban J connectivity index is 1.46. The lowest BCUT2D eigenvalue weighted by Gasteiger charge is -2.13. The lowest BCUT2D eigenvalue weighted by molar-refractivity contribution is -0.137. The first-order valence-corrected chi connectivity index (χ1v) is 9.39. The van der Waals surface area contributed by atoms with E-state index in [0.717, 1.165) is 10.0 Å². The fourth-order valence-corrected chi connectivity index (χ4v) is 3.13. The number of hydrogen-bond acceptors (Lipinski definition) is 4. The highest BCUT2D eigenvalue weighted by molar-refractivity contribution is 9.10. The van der Waals surface area contributed by atoms with E-state index < -0.39 is 5.97 Å². The molecule has 1 heterocycles. The zero-order valence-corrected chi connectivity index (χ0v) is 16.5. The van der Waals surface area contributed by atoms with Gasteiger partial charge in [0.15, 0.2) is 0 Å². The molecule has 0 N–H and O–H groups in total. The van der Waals surface area contributed by atoms with Crippen LogP contribution in [0.1, 0.15) is 32.7 Å². The number of esters is 1. The number of halogens is 2. The third kappa shape index (κ3) is 4.64. The zero-order valence-electron chi connectivity index (χ0n) is 14.2. The van der Waals surface area contributed by atoms with Crippen molar-refractivity contribution in [1.82, 2.24) is 4.90 Å². The van der Waals surface area contributed by atoms with Gasteiger partial charge in [-0.3, -0.25) is 14.5 Å². The molecule has 7 heteroatoms. The Bertz CT molecular complexity index is 924. The van der Waals surface area contributed by atoms with Gasteiger partial charge in [-0.25, -0.2) is 4.79 Å². The molecule has 0 bridgehead atoms. The normalized spacial score (nSPS) is 13.3. The van der Waals surface area contributed by atoms with Crippen molar-refractivity contribution in [3.8, 4) is 0 Å². The minimum absolute atomic E-state index is 0.112. The highest BCUT2D eigenvalue weighted by Crippen LogP contribution is 2.26. The van der Waals surface area contributed by atoms with Gasteiger partial charge in [0.25, 0.3) is 11.8 Å². The van der Waals surface area contributed by atoms with Crippen LogP contribution in [0.25, 0.3) is 6.08 Å². The summed E-state index contributed by atoms with van der Waals surface area (Å²) in [5.41, 5.74) is 1.61. The molecule has 0 saturated heterocycles. The van der Waals surface area contributed by atoms with Gasteiger partial charge in [0.2, 0.25) is 0 Å². The lowest BCUT2D eigenvalue weighted by atomic mass is 10.1. The van der Waals surface area contributed by atoms with Crippen LogP contribution in [-0.2, 0) is 9.53 Å². The number of ether oxygens (including phenoxy) is 1. The first-order chi connectivity index (χ1) is 13.0. The number of rotatable bonds is 6. The van der Waals surface area contributed by atoms with Crippen LogP contribution in [0.3, 0.4) is 0 Å². The number of carbonyl (C=O) groups excluding carboxylic acids is 3. The van der Waals surface area contributed by atoms with Crippen molar-refractivity contribution >= 4 is 51.4 Å². The summed E-state index contributed by atoms with van der Waals surface area (Å²) < 4.78 is 5.85. The molecule has 0 saturated carbocycles. The fourth-order valence-electron chi connectivity index (χ4n) is 2.65. The van der Waals surface area contributed by atoms with Crippen LogP contribution < -0.4 is 0 Å². The van der Waals surface area contributed by atoms with Crippen LogP contribution in [0.5, 0.6) is 0 Å². The van der Waals surface area contributed by atoms with Gasteiger partial charge in [0.05, 0.1) is 17.7 Å². The van der Waals surface area contributed by atoms with Crippen LogP contribution in [0.15, 0.2) is 53.0 Å². The van der Waals surface area contributed by atoms with Crippen LogP contribution >= 0.6 is 27.5 Å². The molecule has 0 aliphatic carbocycles. The number of nitrogens with zero attached hydrogens (tertiary/aromatic N) is 1. The Labute approximate surface area is 169 Å². The second-order valence-corrected chi connectivity index (χ2v) is 7.21. The molecule has 1 aliphatic heterocycles. The topological polar surface area (TPSA) is 63.7 Å². The van der Waals surface area contributed by atoms with Crippen LogP contribution in [0.2, 0.25) is 5.02 Å². The summed E-state index contributed by atoms with van der Waals surface area (Å²) in [5, 5.41) is 0.621. The molecule has 2 aromatic rings. The van der Waals surface area contributed by atoms with E-state index in [9.17, 15) is 14.4 Å². The van der Waals surface area contributed by atoms with E-state index in [1.807, 2.05) is 0 Å². The van der Waals surface area contributed by atoms with Crippen molar-refractivity contribution in [1.29, 1.82) is 0 Å². The van der Waals surface area contributed by atoms with Gasteiger partial charge in [0, 0.05) is 22.1 Å². The Morgan fingerprint density at radius 2 is 1.78 bits per heavy atom. The molecular formula is C20H15BrClNO4. The summed E-state index contributed by atoms with van der Waals surface area (Å²) in [6.45, 7) is 0.305. The summed E-state index contributed by atoms with van der Waals surface area (Å²) in [5.74, 6) is -1.14. The Morgan fingerprint density at radius 1 is 1.07 bits per heavy atom. The molecule has 0 aromatic heterocycles. The number of hydrogen-bond donors (Lipinski definition) is 0. The first kappa shape index (κ1) is 19.3. The Morgan fingerprint density at radius 3 is 2.52 bits per heavy atom. The third-order valence-corrected chi connectivity index (χ3v) is 4.73. The fraction of sp³-hybridized carbons (Fsp3) is 0.150. The maximum Gasteiger partial charge on any atom is 0.330 e. The van der Waals surface area contributed by atoms with Crippen LogP contribution in [-0.4, -0.2) is 35.8 Å². The first-order valence-electron chi connectivity index (χ1n) is 8.22. The quantitative estimate of drug-likeness (QED) is 0.285. The van der Waals surface area contributed by atoms with Gasteiger partial charge in [-0.1, -0.05) is 39.7 Å². The molecule has 138 valence electrons. The van der Waals surface area contributed by atoms with Crippen LogP contribution in [0, 0.1) is 0 Å². The zero-order chi connectivity index (χ0) is 19.4.